The zero-order valence-electron chi connectivity index (χ0n) is 18.5. The van der Waals surface area contributed by atoms with Crippen molar-refractivity contribution in [2.75, 3.05) is 52.5 Å². The van der Waals surface area contributed by atoms with Gasteiger partial charge in [0.05, 0.1) is 25.0 Å². The molecule has 0 aromatic heterocycles. The summed E-state index contributed by atoms with van der Waals surface area (Å²) >= 11 is 0. The standard InChI is InChI=1S/C24H32N4O3/c1-3-27(12-13-28(4-2)25-30)24(29)23-7-5-6-22(18-23)21-10-8-20(9-11-21)19-26-14-16-31-17-15-26/h5-11,18H,3-4,12-17,19H2,1-2H3. The second-order valence-corrected chi connectivity index (χ2v) is 7.68. The van der Waals surface area contributed by atoms with Crippen LogP contribution in [0.5, 0.6) is 0 Å². The molecule has 0 aliphatic carbocycles. The topological polar surface area (TPSA) is 65.4 Å². The lowest BCUT2D eigenvalue weighted by molar-refractivity contribution is 0.0342. The van der Waals surface area contributed by atoms with Crippen molar-refractivity contribution in [2.45, 2.75) is 20.4 Å². The molecule has 0 bridgehead atoms. The van der Waals surface area contributed by atoms with Gasteiger partial charge in [-0.3, -0.25) is 14.7 Å². The number of nitrogens with zero attached hydrogens (tertiary/aromatic N) is 4. The molecule has 1 aliphatic rings. The molecule has 7 heteroatoms. The van der Waals surface area contributed by atoms with Crippen LogP contribution in [0.3, 0.4) is 0 Å². The Morgan fingerprint density at radius 1 is 1.00 bits per heavy atom. The normalized spacial score (nSPS) is 14.3. The highest BCUT2D eigenvalue weighted by Gasteiger charge is 2.16. The maximum Gasteiger partial charge on any atom is 0.253 e. The van der Waals surface area contributed by atoms with Crippen LogP contribution in [0, 0.1) is 4.91 Å². The third kappa shape index (κ3) is 6.35. The first-order valence-corrected chi connectivity index (χ1v) is 11.0. The van der Waals surface area contributed by atoms with Crippen LogP contribution >= 0.6 is 0 Å². The Labute approximate surface area is 184 Å². The van der Waals surface area contributed by atoms with Gasteiger partial charge in [0.1, 0.15) is 0 Å². The van der Waals surface area contributed by atoms with Crippen LogP contribution < -0.4 is 0 Å². The molecule has 31 heavy (non-hydrogen) atoms. The second-order valence-electron chi connectivity index (χ2n) is 7.68. The first-order valence-electron chi connectivity index (χ1n) is 11.0. The van der Waals surface area contributed by atoms with Gasteiger partial charge >= 0.3 is 0 Å². The van der Waals surface area contributed by atoms with E-state index in [0.29, 0.717) is 31.7 Å². The summed E-state index contributed by atoms with van der Waals surface area (Å²) in [7, 11) is 0. The fraction of sp³-hybridized carbons (Fsp3) is 0.458. The summed E-state index contributed by atoms with van der Waals surface area (Å²) in [5.74, 6) is -0.0322. The number of rotatable bonds is 10. The molecule has 0 atom stereocenters. The minimum absolute atomic E-state index is 0.0322. The molecule has 2 aromatic carbocycles. The summed E-state index contributed by atoms with van der Waals surface area (Å²) < 4.78 is 5.41. The van der Waals surface area contributed by atoms with Crippen LogP contribution in [-0.4, -0.2) is 73.2 Å². The molecule has 1 heterocycles. The Hall–Kier alpha value is -2.77. The Morgan fingerprint density at radius 3 is 2.39 bits per heavy atom. The lowest BCUT2D eigenvalue weighted by Gasteiger charge is -2.26. The molecule has 1 amide bonds. The summed E-state index contributed by atoms with van der Waals surface area (Å²) in [6, 6.07) is 16.3. The Kier molecular flexibility index (Phi) is 8.55. The number of nitroso groups, excluding NO2 is 1. The van der Waals surface area contributed by atoms with Crippen molar-refractivity contribution in [3.8, 4) is 11.1 Å². The minimum Gasteiger partial charge on any atom is -0.379 e. The molecule has 3 rings (SSSR count). The van der Waals surface area contributed by atoms with Gasteiger partial charge in [-0.2, -0.15) is 0 Å². The van der Waals surface area contributed by atoms with Gasteiger partial charge in [-0.05, 0) is 42.7 Å². The molecule has 1 aliphatic heterocycles. The minimum atomic E-state index is -0.0322. The fourth-order valence-electron chi connectivity index (χ4n) is 3.73. The molecule has 0 spiro atoms. The molecule has 0 N–H and O–H groups in total. The van der Waals surface area contributed by atoms with Crippen molar-refractivity contribution in [3.05, 3.63) is 64.6 Å². The SMILES string of the molecule is CCN(CCN(CC)C(=O)c1cccc(-c2ccc(CN3CCOCC3)cc2)c1)N=O. The number of likely N-dealkylation sites (N-methyl/N-ethyl adjacent to an activating group) is 2. The quantitative estimate of drug-likeness (QED) is 0.430. The lowest BCUT2D eigenvalue weighted by Crippen LogP contribution is -2.37. The molecule has 0 unspecified atom stereocenters. The van der Waals surface area contributed by atoms with Crippen LogP contribution in [0.2, 0.25) is 0 Å². The van der Waals surface area contributed by atoms with Crippen molar-refractivity contribution in [1.29, 1.82) is 0 Å². The van der Waals surface area contributed by atoms with Gasteiger partial charge in [0.2, 0.25) is 0 Å². The smallest absolute Gasteiger partial charge is 0.253 e. The van der Waals surface area contributed by atoms with Gasteiger partial charge in [0.25, 0.3) is 5.91 Å². The van der Waals surface area contributed by atoms with Crippen molar-refractivity contribution in [1.82, 2.24) is 14.8 Å². The molecular weight excluding hydrogens is 392 g/mol. The van der Waals surface area contributed by atoms with E-state index in [-0.39, 0.29) is 5.91 Å². The lowest BCUT2D eigenvalue weighted by atomic mass is 10.0. The Morgan fingerprint density at radius 2 is 1.74 bits per heavy atom. The van der Waals surface area contributed by atoms with Gasteiger partial charge in [0, 0.05) is 44.8 Å². The zero-order chi connectivity index (χ0) is 22.1. The average Bonchev–Trinajstić information content (AvgIpc) is 2.83. The highest BCUT2D eigenvalue weighted by Crippen LogP contribution is 2.22. The maximum absolute atomic E-state index is 13.0. The van der Waals surface area contributed by atoms with Gasteiger partial charge in [-0.25, -0.2) is 0 Å². The van der Waals surface area contributed by atoms with Crippen molar-refractivity contribution in [2.24, 2.45) is 5.29 Å². The molecule has 0 saturated carbocycles. The van der Waals surface area contributed by atoms with E-state index in [9.17, 15) is 9.70 Å². The summed E-state index contributed by atoms with van der Waals surface area (Å²) in [5, 5.41) is 4.40. The van der Waals surface area contributed by atoms with E-state index >= 15 is 0 Å². The van der Waals surface area contributed by atoms with Crippen LogP contribution in [0.15, 0.2) is 53.8 Å². The number of benzene rings is 2. The van der Waals surface area contributed by atoms with Gasteiger partial charge in [-0.15, -0.1) is 4.91 Å². The monoisotopic (exact) mass is 424 g/mol. The summed E-state index contributed by atoms with van der Waals surface area (Å²) in [5.41, 5.74) is 4.04. The molecule has 1 saturated heterocycles. The number of amides is 1. The van der Waals surface area contributed by atoms with E-state index in [1.165, 1.54) is 10.6 Å². The number of morpholine rings is 1. The molecule has 7 nitrogen and oxygen atoms in total. The Bertz CT molecular complexity index is 850. The van der Waals surface area contributed by atoms with E-state index in [4.69, 9.17) is 4.74 Å². The van der Waals surface area contributed by atoms with Crippen molar-refractivity contribution < 1.29 is 9.53 Å². The predicted octanol–water partition coefficient (Wildman–Crippen LogP) is 3.65. The fourth-order valence-corrected chi connectivity index (χ4v) is 3.73. The van der Waals surface area contributed by atoms with Gasteiger partial charge in [0.15, 0.2) is 0 Å². The first kappa shape index (κ1) is 22.9. The van der Waals surface area contributed by atoms with Crippen LogP contribution in [0.1, 0.15) is 29.8 Å². The summed E-state index contributed by atoms with van der Waals surface area (Å²) in [4.78, 5) is 27.9. The average molecular weight is 425 g/mol. The predicted molar refractivity (Wildman–Crippen MR) is 123 cm³/mol. The first-order chi connectivity index (χ1) is 15.1. The molecular formula is C24H32N4O3. The highest BCUT2D eigenvalue weighted by atomic mass is 16.5. The van der Waals surface area contributed by atoms with Crippen molar-refractivity contribution >= 4 is 5.91 Å². The van der Waals surface area contributed by atoms with Crippen LogP contribution in [0.4, 0.5) is 0 Å². The molecule has 166 valence electrons. The van der Waals surface area contributed by atoms with E-state index in [0.717, 1.165) is 44.0 Å². The second kappa shape index (κ2) is 11.6. The third-order valence-electron chi connectivity index (χ3n) is 5.68. The largest absolute Gasteiger partial charge is 0.379 e. The number of carbonyl (C=O) groups is 1. The highest BCUT2D eigenvalue weighted by molar-refractivity contribution is 5.95. The maximum atomic E-state index is 13.0. The van der Waals surface area contributed by atoms with Crippen LogP contribution in [-0.2, 0) is 11.3 Å². The number of hydrogen-bond acceptors (Lipinski definition) is 5. The van der Waals surface area contributed by atoms with Crippen molar-refractivity contribution in [3.63, 3.8) is 0 Å². The summed E-state index contributed by atoms with van der Waals surface area (Å²) in [6.45, 7) is 10.3. The number of ether oxygens (including phenoxy) is 1. The van der Waals surface area contributed by atoms with E-state index in [1.807, 2.05) is 38.1 Å². The van der Waals surface area contributed by atoms with E-state index in [2.05, 4.69) is 34.5 Å². The number of carbonyl (C=O) groups excluding carboxylic acids is 1. The van der Waals surface area contributed by atoms with E-state index in [1.54, 1.807) is 4.90 Å². The molecule has 1 fully saturated rings. The Balaban J connectivity index is 1.67. The summed E-state index contributed by atoms with van der Waals surface area (Å²) in [6.07, 6.45) is 0. The molecule has 0 radical (unpaired) electrons. The number of hydrogen-bond donors (Lipinski definition) is 0. The van der Waals surface area contributed by atoms with Gasteiger partial charge < -0.3 is 9.64 Å². The third-order valence-corrected chi connectivity index (χ3v) is 5.68. The zero-order valence-corrected chi connectivity index (χ0v) is 18.5. The van der Waals surface area contributed by atoms with Crippen LogP contribution in [0.25, 0.3) is 11.1 Å². The van der Waals surface area contributed by atoms with Gasteiger partial charge in [-0.1, -0.05) is 36.4 Å². The van der Waals surface area contributed by atoms with E-state index < -0.39 is 0 Å². The molecule has 2 aromatic rings.